The number of hydrogen-bond acceptors (Lipinski definition) is 6. The Morgan fingerprint density at radius 2 is 1.97 bits per heavy atom. The largest absolute Gasteiger partial charge is 0.508 e. The second kappa shape index (κ2) is 9.76. The SMILES string of the molecule is O=C(NC(Cc1cccc(O)c1)C(=O)NC12CCCC1OCC2=O)c1ccc(OC(F)F)cc1. The van der Waals surface area contributed by atoms with Crippen LogP contribution in [0.4, 0.5) is 8.78 Å². The minimum Gasteiger partial charge on any atom is -0.508 e. The first kappa shape index (κ1) is 23.6. The predicted octanol–water partition coefficient (Wildman–Crippen LogP) is 2.34. The van der Waals surface area contributed by atoms with Crippen LogP contribution in [0.25, 0.3) is 0 Å². The zero-order chi connectivity index (χ0) is 24.3. The summed E-state index contributed by atoms with van der Waals surface area (Å²) in [5, 5.41) is 15.3. The fraction of sp³-hybridized carbons (Fsp3) is 0.375. The molecule has 10 heteroatoms. The minimum absolute atomic E-state index is 0.00595. The molecule has 2 fully saturated rings. The van der Waals surface area contributed by atoms with Crippen molar-refractivity contribution in [2.45, 2.75) is 50.0 Å². The number of phenols is 1. The zero-order valence-corrected chi connectivity index (χ0v) is 18.1. The first-order chi connectivity index (χ1) is 16.3. The monoisotopic (exact) mass is 474 g/mol. The van der Waals surface area contributed by atoms with Crippen LogP contribution in [0.3, 0.4) is 0 Å². The summed E-state index contributed by atoms with van der Waals surface area (Å²) in [6, 6.07) is 10.2. The van der Waals surface area contributed by atoms with Crippen LogP contribution in [0.15, 0.2) is 48.5 Å². The summed E-state index contributed by atoms with van der Waals surface area (Å²) in [6.45, 7) is -3.06. The first-order valence-electron chi connectivity index (χ1n) is 10.9. The van der Waals surface area contributed by atoms with Crippen LogP contribution in [-0.4, -0.2) is 53.6 Å². The highest BCUT2D eigenvalue weighted by atomic mass is 19.3. The standard InChI is InChI=1S/C24H24F2N2O6/c25-23(26)34-17-8-6-15(7-9-17)21(31)27-18(12-14-3-1-4-16(29)11-14)22(32)28-24-10-2-5-20(24)33-13-19(24)30/h1,3-4,6-9,11,18,20,23,29H,2,5,10,12-13H2,(H,27,31)(H,28,32). The minimum atomic E-state index is -2.99. The third-order valence-electron chi connectivity index (χ3n) is 6.16. The zero-order valence-electron chi connectivity index (χ0n) is 18.1. The molecule has 180 valence electrons. The summed E-state index contributed by atoms with van der Waals surface area (Å²) in [6.07, 6.45) is 1.49. The number of phenolic OH excluding ortho intramolecular Hbond substituents is 1. The van der Waals surface area contributed by atoms with Gasteiger partial charge in [-0.3, -0.25) is 14.4 Å². The Kier molecular flexibility index (Phi) is 6.78. The van der Waals surface area contributed by atoms with Gasteiger partial charge in [-0.15, -0.1) is 0 Å². The highest BCUT2D eigenvalue weighted by molar-refractivity contribution is 6.00. The highest BCUT2D eigenvalue weighted by Gasteiger charge is 2.55. The Hall–Kier alpha value is -3.53. The molecule has 3 unspecified atom stereocenters. The number of hydrogen-bond donors (Lipinski definition) is 3. The Labute approximate surface area is 194 Å². The van der Waals surface area contributed by atoms with E-state index in [1.54, 1.807) is 12.1 Å². The number of aromatic hydroxyl groups is 1. The van der Waals surface area contributed by atoms with Crippen molar-refractivity contribution >= 4 is 17.6 Å². The Morgan fingerprint density at radius 3 is 2.68 bits per heavy atom. The quantitative estimate of drug-likeness (QED) is 0.541. The van der Waals surface area contributed by atoms with Gasteiger partial charge in [0, 0.05) is 12.0 Å². The van der Waals surface area contributed by atoms with E-state index >= 15 is 0 Å². The van der Waals surface area contributed by atoms with Crippen LogP contribution in [0.2, 0.25) is 0 Å². The maximum Gasteiger partial charge on any atom is 0.387 e. The number of benzene rings is 2. The third-order valence-corrected chi connectivity index (χ3v) is 6.16. The van der Waals surface area contributed by atoms with Gasteiger partial charge in [0.05, 0.1) is 6.10 Å². The van der Waals surface area contributed by atoms with Gasteiger partial charge in [0.2, 0.25) is 5.91 Å². The average molecular weight is 474 g/mol. The molecule has 0 spiro atoms. The summed E-state index contributed by atoms with van der Waals surface area (Å²) in [4.78, 5) is 38.7. The summed E-state index contributed by atoms with van der Waals surface area (Å²) in [7, 11) is 0. The predicted molar refractivity (Wildman–Crippen MR) is 116 cm³/mol. The third kappa shape index (κ3) is 5.01. The molecule has 1 saturated carbocycles. The Morgan fingerprint density at radius 1 is 1.21 bits per heavy atom. The summed E-state index contributed by atoms with van der Waals surface area (Å²) < 4.78 is 34.6. The van der Waals surface area contributed by atoms with Crippen LogP contribution in [-0.2, 0) is 20.7 Å². The lowest BCUT2D eigenvalue weighted by Crippen LogP contribution is -2.60. The summed E-state index contributed by atoms with van der Waals surface area (Å²) >= 11 is 0. The smallest absolute Gasteiger partial charge is 0.387 e. The maximum absolute atomic E-state index is 13.3. The molecule has 1 aliphatic carbocycles. The highest BCUT2D eigenvalue weighted by Crippen LogP contribution is 2.37. The van der Waals surface area contributed by atoms with Crippen molar-refractivity contribution in [3.8, 4) is 11.5 Å². The van der Waals surface area contributed by atoms with Crippen molar-refractivity contribution in [2.75, 3.05) is 6.61 Å². The van der Waals surface area contributed by atoms with Crippen LogP contribution in [0, 0.1) is 0 Å². The van der Waals surface area contributed by atoms with E-state index in [1.807, 2.05) is 0 Å². The molecule has 2 aromatic carbocycles. The number of halogens is 2. The second-order valence-electron chi connectivity index (χ2n) is 8.38. The molecule has 8 nitrogen and oxygen atoms in total. The van der Waals surface area contributed by atoms with Crippen molar-refractivity contribution in [3.05, 3.63) is 59.7 Å². The van der Waals surface area contributed by atoms with E-state index in [0.717, 1.165) is 6.42 Å². The van der Waals surface area contributed by atoms with Gasteiger partial charge >= 0.3 is 6.61 Å². The molecule has 1 heterocycles. The number of ether oxygens (including phenoxy) is 2. The molecule has 0 radical (unpaired) electrons. The fourth-order valence-corrected chi connectivity index (χ4v) is 4.50. The van der Waals surface area contributed by atoms with Gasteiger partial charge in [-0.25, -0.2) is 0 Å². The molecular weight excluding hydrogens is 450 g/mol. The first-order valence-corrected chi connectivity index (χ1v) is 10.9. The van der Waals surface area contributed by atoms with Gasteiger partial charge in [0.1, 0.15) is 29.7 Å². The maximum atomic E-state index is 13.3. The van der Waals surface area contributed by atoms with Gasteiger partial charge in [-0.1, -0.05) is 12.1 Å². The number of nitrogens with one attached hydrogen (secondary N) is 2. The lowest BCUT2D eigenvalue weighted by molar-refractivity contribution is -0.131. The van der Waals surface area contributed by atoms with Gasteiger partial charge in [0.25, 0.3) is 5.91 Å². The van der Waals surface area contributed by atoms with Gasteiger partial charge in [-0.05, 0) is 61.2 Å². The van der Waals surface area contributed by atoms with E-state index in [1.165, 1.54) is 36.4 Å². The lowest BCUT2D eigenvalue weighted by atomic mass is 9.91. The summed E-state index contributed by atoms with van der Waals surface area (Å²) in [5.74, 6) is -1.46. The van der Waals surface area contributed by atoms with E-state index < -0.39 is 36.1 Å². The number of fused-ring (bicyclic) bond motifs is 1. The van der Waals surface area contributed by atoms with Crippen molar-refractivity contribution in [3.63, 3.8) is 0 Å². The molecule has 0 aromatic heterocycles. The average Bonchev–Trinajstić information content (AvgIpc) is 3.32. The summed E-state index contributed by atoms with van der Waals surface area (Å²) in [5.41, 5.74) is -0.379. The molecule has 1 aliphatic heterocycles. The van der Waals surface area contributed by atoms with E-state index in [4.69, 9.17) is 4.74 Å². The normalized spacial score (nSPS) is 22.3. The topological polar surface area (TPSA) is 114 Å². The van der Waals surface area contributed by atoms with Crippen LogP contribution >= 0.6 is 0 Å². The molecule has 1 saturated heterocycles. The molecule has 3 atom stereocenters. The van der Waals surface area contributed by atoms with Gasteiger partial charge < -0.3 is 25.2 Å². The molecule has 2 amide bonds. The van der Waals surface area contributed by atoms with E-state index in [9.17, 15) is 28.3 Å². The van der Waals surface area contributed by atoms with E-state index in [0.29, 0.717) is 18.4 Å². The number of Topliss-reactive ketones (excluding diaryl/α,β-unsaturated/α-hetero) is 1. The molecule has 34 heavy (non-hydrogen) atoms. The van der Waals surface area contributed by atoms with Crippen LogP contribution < -0.4 is 15.4 Å². The van der Waals surface area contributed by atoms with Crippen molar-refractivity contribution in [2.24, 2.45) is 0 Å². The van der Waals surface area contributed by atoms with Crippen molar-refractivity contribution < 1.29 is 37.7 Å². The number of amides is 2. The van der Waals surface area contributed by atoms with E-state index in [-0.39, 0.29) is 35.9 Å². The van der Waals surface area contributed by atoms with E-state index in [2.05, 4.69) is 15.4 Å². The Balaban J connectivity index is 1.53. The van der Waals surface area contributed by atoms with Crippen LogP contribution in [0.1, 0.15) is 35.2 Å². The van der Waals surface area contributed by atoms with Crippen LogP contribution in [0.5, 0.6) is 11.5 Å². The number of rotatable bonds is 8. The molecule has 0 bridgehead atoms. The van der Waals surface area contributed by atoms with Gasteiger partial charge in [0.15, 0.2) is 5.78 Å². The number of carbonyl (C=O) groups is 3. The fourth-order valence-electron chi connectivity index (χ4n) is 4.50. The Bertz CT molecular complexity index is 1080. The molecular formula is C24H24F2N2O6. The molecule has 2 aliphatic rings. The number of ketones is 1. The van der Waals surface area contributed by atoms with Gasteiger partial charge in [-0.2, -0.15) is 8.78 Å². The number of carbonyl (C=O) groups excluding carboxylic acids is 3. The second-order valence-corrected chi connectivity index (χ2v) is 8.38. The van der Waals surface area contributed by atoms with Crippen molar-refractivity contribution in [1.82, 2.24) is 10.6 Å². The lowest BCUT2D eigenvalue weighted by Gasteiger charge is -2.30. The van der Waals surface area contributed by atoms with Crippen molar-refractivity contribution in [1.29, 1.82) is 0 Å². The molecule has 2 aromatic rings. The number of alkyl halides is 2. The molecule has 3 N–H and O–H groups in total. The molecule has 4 rings (SSSR count).